The van der Waals surface area contributed by atoms with Gasteiger partial charge in [0.25, 0.3) is 0 Å². The topological polar surface area (TPSA) is 99.1 Å². The van der Waals surface area contributed by atoms with Gasteiger partial charge in [0, 0.05) is 11.9 Å². The molecule has 0 spiro atoms. The Balaban J connectivity index is 3.53. The normalized spacial score (nSPS) is 9.83. The molecule has 24 heavy (non-hydrogen) atoms. The minimum atomic E-state index is -1.07. The monoisotopic (exact) mass is 356 g/mol. The Morgan fingerprint density at radius 2 is 1.62 bits per heavy atom. The highest BCUT2D eigenvalue weighted by molar-refractivity contribution is 6.31. The summed E-state index contributed by atoms with van der Waals surface area (Å²) in [7, 11) is 0. The molecule has 1 aromatic carbocycles. The van der Waals surface area contributed by atoms with Gasteiger partial charge >= 0.3 is 17.9 Å². The number of aliphatic hydroxyl groups is 1. The second-order valence-corrected chi connectivity index (χ2v) is 4.84. The third kappa shape index (κ3) is 4.99. The molecule has 0 heterocycles. The summed E-state index contributed by atoms with van der Waals surface area (Å²) in [5, 5.41) is 10.6. The molecular formula is C16H17ClO7. The SMILES string of the molecule is CCOC(=O)C(C(=O)OCC)=C(O)c1cc(Cl)ccc1OC(C)=O. The lowest BCUT2D eigenvalue weighted by atomic mass is 10.1. The maximum absolute atomic E-state index is 12.0. The van der Waals surface area contributed by atoms with E-state index in [1.165, 1.54) is 18.2 Å². The molecule has 0 aliphatic heterocycles. The van der Waals surface area contributed by atoms with E-state index in [1.807, 2.05) is 0 Å². The summed E-state index contributed by atoms with van der Waals surface area (Å²) in [5.74, 6) is -3.62. The fourth-order valence-corrected chi connectivity index (χ4v) is 1.92. The molecule has 0 aliphatic rings. The van der Waals surface area contributed by atoms with Gasteiger partial charge in [0.2, 0.25) is 0 Å². The Bertz CT molecular complexity index is 659. The maximum atomic E-state index is 12.0. The zero-order valence-corrected chi connectivity index (χ0v) is 14.2. The zero-order chi connectivity index (χ0) is 18.3. The summed E-state index contributed by atoms with van der Waals surface area (Å²) in [4.78, 5) is 35.2. The van der Waals surface area contributed by atoms with Gasteiger partial charge in [-0.15, -0.1) is 0 Å². The van der Waals surface area contributed by atoms with Crippen LogP contribution in [0.15, 0.2) is 23.8 Å². The number of carbonyl (C=O) groups excluding carboxylic acids is 3. The van der Waals surface area contributed by atoms with E-state index in [2.05, 4.69) is 0 Å². The van der Waals surface area contributed by atoms with Crippen LogP contribution in [0.3, 0.4) is 0 Å². The first kappa shape index (κ1) is 19.5. The van der Waals surface area contributed by atoms with Crippen molar-refractivity contribution in [2.75, 3.05) is 13.2 Å². The van der Waals surface area contributed by atoms with E-state index in [1.54, 1.807) is 13.8 Å². The van der Waals surface area contributed by atoms with E-state index in [9.17, 15) is 19.5 Å². The minimum Gasteiger partial charge on any atom is -0.506 e. The average molecular weight is 357 g/mol. The summed E-state index contributed by atoms with van der Waals surface area (Å²) in [6.07, 6.45) is 0. The third-order valence-electron chi connectivity index (χ3n) is 2.65. The van der Waals surface area contributed by atoms with Gasteiger partial charge in [-0.3, -0.25) is 4.79 Å². The van der Waals surface area contributed by atoms with Crippen LogP contribution in [-0.4, -0.2) is 36.2 Å². The molecule has 130 valence electrons. The lowest BCUT2D eigenvalue weighted by molar-refractivity contribution is -0.146. The molecule has 0 atom stereocenters. The number of benzene rings is 1. The molecule has 0 bridgehead atoms. The average Bonchev–Trinajstić information content (AvgIpc) is 2.49. The molecule has 0 saturated carbocycles. The number of esters is 3. The van der Waals surface area contributed by atoms with Crippen molar-refractivity contribution in [1.82, 2.24) is 0 Å². The van der Waals surface area contributed by atoms with Crippen molar-refractivity contribution in [2.24, 2.45) is 0 Å². The summed E-state index contributed by atoms with van der Waals surface area (Å²) >= 11 is 5.88. The van der Waals surface area contributed by atoms with Gasteiger partial charge in [-0.2, -0.15) is 0 Å². The quantitative estimate of drug-likeness (QED) is 0.209. The number of ether oxygens (including phenoxy) is 3. The Kier molecular flexibility index (Phi) is 7.26. The number of rotatable bonds is 6. The van der Waals surface area contributed by atoms with E-state index in [0.29, 0.717) is 0 Å². The van der Waals surface area contributed by atoms with Gasteiger partial charge in [-0.25, -0.2) is 9.59 Å². The first-order chi connectivity index (χ1) is 11.3. The Hall–Kier alpha value is -2.54. The molecule has 0 aromatic heterocycles. The van der Waals surface area contributed by atoms with Crippen LogP contribution >= 0.6 is 11.6 Å². The van der Waals surface area contributed by atoms with E-state index >= 15 is 0 Å². The van der Waals surface area contributed by atoms with Gasteiger partial charge in [0.05, 0.1) is 18.8 Å². The van der Waals surface area contributed by atoms with Crippen LogP contribution in [0.2, 0.25) is 5.02 Å². The fourth-order valence-electron chi connectivity index (χ4n) is 1.75. The number of aliphatic hydroxyl groups excluding tert-OH is 1. The molecule has 0 unspecified atom stereocenters. The summed E-state index contributed by atoms with van der Waals surface area (Å²) in [6.45, 7) is 4.22. The van der Waals surface area contributed by atoms with Crippen molar-refractivity contribution < 1.29 is 33.7 Å². The number of hydrogen-bond donors (Lipinski definition) is 1. The van der Waals surface area contributed by atoms with Crippen LogP contribution in [0.25, 0.3) is 5.76 Å². The van der Waals surface area contributed by atoms with Gasteiger partial charge in [0.1, 0.15) is 11.5 Å². The second kappa shape index (κ2) is 8.93. The molecule has 1 rings (SSSR count). The molecule has 7 nitrogen and oxygen atoms in total. The Morgan fingerprint density at radius 1 is 1.08 bits per heavy atom. The van der Waals surface area contributed by atoms with Crippen LogP contribution in [0.1, 0.15) is 26.3 Å². The minimum absolute atomic E-state index is 0.0125. The number of carbonyl (C=O) groups is 3. The van der Waals surface area contributed by atoms with Crippen molar-refractivity contribution in [2.45, 2.75) is 20.8 Å². The lowest BCUT2D eigenvalue weighted by Crippen LogP contribution is -2.20. The predicted octanol–water partition coefficient (Wildman–Crippen LogP) is 2.66. The van der Waals surface area contributed by atoms with Crippen LogP contribution in [0, 0.1) is 0 Å². The molecule has 0 saturated heterocycles. The highest BCUT2D eigenvalue weighted by atomic mass is 35.5. The Labute approximate surface area is 143 Å². The van der Waals surface area contributed by atoms with Crippen LogP contribution in [0.5, 0.6) is 5.75 Å². The van der Waals surface area contributed by atoms with Crippen molar-refractivity contribution in [3.63, 3.8) is 0 Å². The van der Waals surface area contributed by atoms with Crippen LogP contribution < -0.4 is 4.74 Å². The second-order valence-electron chi connectivity index (χ2n) is 4.40. The lowest BCUT2D eigenvalue weighted by Gasteiger charge is -2.12. The van der Waals surface area contributed by atoms with Crippen molar-refractivity contribution in [1.29, 1.82) is 0 Å². The van der Waals surface area contributed by atoms with E-state index in [4.69, 9.17) is 25.8 Å². The molecule has 1 aromatic rings. The molecule has 0 fully saturated rings. The molecule has 0 radical (unpaired) electrons. The van der Waals surface area contributed by atoms with Gasteiger partial charge < -0.3 is 19.3 Å². The molecule has 0 amide bonds. The largest absolute Gasteiger partial charge is 0.506 e. The van der Waals surface area contributed by atoms with Crippen molar-refractivity contribution in [3.8, 4) is 5.75 Å². The van der Waals surface area contributed by atoms with Crippen LogP contribution in [-0.2, 0) is 23.9 Å². The smallest absolute Gasteiger partial charge is 0.349 e. The summed E-state index contributed by atoms with van der Waals surface area (Å²) in [5.41, 5.74) is -0.830. The van der Waals surface area contributed by atoms with Crippen molar-refractivity contribution in [3.05, 3.63) is 34.4 Å². The molecule has 1 N–H and O–H groups in total. The highest BCUT2D eigenvalue weighted by Crippen LogP contribution is 2.30. The van der Waals surface area contributed by atoms with Crippen molar-refractivity contribution >= 4 is 35.3 Å². The van der Waals surface area contributed by atoms with E-state index in [-0.39, 0.29) is 29.5 Å². The standard InChI is InChI=1S/C16H17ClO7/c1-4-22-15(20)13(16(21)23-5-2)14(19)11-8-10(17)6-7-12(11)24-9(3)18/h6-8,19H,4-5H2,1-3H3. The zero-order valence-electron chi connectivity index (χ0n) is 13.4. The molecular weight excluding hydrogens is 340 g/mol. The predicted molar refractivity (Wildman–Crippen MR) is 85.6 cm³/mol. The van der Waals surface area contributed by atoms with Gasteiger partial charge in [-0.05, 0) is 32.0 Å². The first-order valence-electron chi connectivity index (χ1n) is 7.07. The molecule has 8 heteroatoms. The highest BCUT2D eigenvalue weighted by Gasteiger charge is 2.28. The van der Waals surface area contributed by atoms with Crippen LogP contribution in [0.4, 0.5) is 0 Å². The van der Waals surface area contributed by atoms with E-state index in [0.717, 1.165) is 6.92 Å². The molecule has 0 aliphatic carbocycles. The first-order valence-corrected chi connectivity index (χ1v) is 7.45. The Morgan fingerprint density at radius 3 is 2.08 bits per heavy atom. The van der Waals surface area contributed by atoms with Gasteiger partial charge in [-0.1, -0.05) is 11.6 Å². The third-order valence-corrected chi connectivity index (χ3v) is 2.88. The summed E-state index contributed by atoms with van der Waals surface area (Å²) in [6, 6.07) is 3.99. The fraction of sp³-hybridized carbons (Fsp3) is 0.312. The summed E-state index contributed by atoms with van der Waals surface area (Å²) < 4.78 is 14.5. The van der Waals surface area contributed by atoms with E-state index < -0.39 is 29.2 Å². The van der Waals surface area contributed by atoms with Gasteiger partial charge in [0.15, 0.2) is 5.57 Å². The number of halogens is 1. The number of hydrogen-bond acceptors (Lipinski definition) is 7. The maximum Gasteiger partial charge on any atom is 0.349 e.